The molecule has 0 saturated carbocycles. The molecule has 8 heavy (non-hydrogen) atoms. The summed E-state index contributed by atoms with van der Waals surface area (Å²) >= 11 is 0. The molecule has 0 unspecified atom stereocenters. The summed E-state index contributed by atoms with van der Waals surface area (Å²) in [5.74, 6) is 0. The first-order chi connectivity index (χ1) is 3.80. The molecular formula is C7H8N. The van der Waals surface area contributed by atoms with Gasteiger partial charge in [-0.25, -0.2) is 0 Å². The van der Waals surface area contributed by atoms with E-state index in [0.717, 1.165) is 11.3 Å². The molecule has 1 nitrogen and oxygen atoms in total. The molecular weight excluding hydrogens is 98.1 g/mol. The van der Waals surface area contributed by atoms with Crippen molar-refractivity contribution in [3.05, 3.63) is 36.5 Å². The fourth-order valence-electron chi connectivity index (χ4n) is 0.518. The topological polar surface area (TPSA) is 12.9 Å². The normalized spacial score (nSPS) is 9.25. The standard InChI is InChI=1S/C7H8N/c1-6-4-3-5-8-7(6)2/h3-5H,1H2,2H3. The van der Waals surface area contributed by atoms with E-state index in [-0.39, 0.29) is 0 Å². The molecule has 0 aliphatic carbocycles. The molecule has 0 atom stereocenters. The maximum atomic E-state index is 4.02. The second kappa shape index (κ2) is 1.95. The van der Waals surface area contributed by atoms with Gasteiger partial charge in [-0.15, -0.1) is 0 Å². The molecule has 1 aromatic heterocycles. The number of rotatable bonds is 0. The lowest BCUT2D eigenvalue weighted by atomic mass is 10.2. The Morgan fingerprint density at radius 2 is 2.38 bits per heavy atom. The molecule has 1 rings (SSSR count). The van der Waals surface area contributed by atoms with E-state index in [2.05, 4.69) is 11.9 Å². The maximum absolute atomic E-state index is 4.02. The third-order valence-electron chi connectivity index (χ3n) is 1.12. The Bertz CT molecular complexity index is 160. The summed E-state index contributed by atoms with van der Waals surface area (Å²) in [6.07, 6.45) is 1.77. The van der Waals surface area contributed by atoms with E-state index in [1.807, 2.05) is 19.1 Å². The van der Waals surface area contributed by atoms with Crippen LogP contribution in [0.25, 0.3) is 0 Å². The summed E-state index contributed by atoms with van der Waals surface area (Å²) in [6.45, 7) is 5.70. The first-order valence-electron chi connectivity index (χ1n) is 2.54. The van der Waals surface area contributed by atoms with Gasteiger partial charge in [0, 0.05) is 11.9 Å². The van der Waals surface area contributed by atoms with E-state index >= 15 is 0 Å². The molecule has 0 N–H and O–H groups in total. The van der Waals surface area contributed by atoms with E-state index in [4.69, 9.17) is 0 Å². The van der Waals surface area contributed by atoms with Crippen LogP contribution >= 0.6 is 0 Å². The van der Waals surface area contributed by atoms with Crippen molar-refractivity contribution >= 4 is 0 Å². The Hall–Kier alpha value is -0.850. The number of hydrogen-bond donors (Lipinski definition) is 0. The van der Waals surface area contributed by atoms with Crippen molar-refractivity contribution in [3.8, 4) is 0 Å². The van der Waals surface area contributed by atoms with Crippen molar-refractivity contribution in [3.63, 3.8) is 0 Å². The second-order valence-corrected chi connectivity index (χ2v) is 1.75. The van der Waals surface area contributed by atoms with Crippen molar-refractivity contribution in [1.29, 1.82) is 0 Å². The first kappa shape index (κ1) is 5.29. The minimum atomic E-state index is 1.01. The predicted octanol–water partition coefficient (Wildman–Crippen LogP) is 1.57. The Morgan fingerprint density at radius 3 is 2.75 bits per heavy atom. The van der Waals surface area contributed by atoms with Crippen molar-refractivity contribution < 1.29 is 0 Å². The largest absolute Gasteiger partial charge is 0.261 e. The highest BCUT2D eigenvalue weighted by molar-refractivity contribution is 5.20. The van der Waals surface area contributed by atoms with E-state index in [9.17, 15) is 0 Å². The van der Waals surface area contributed by atoms with Gasteiger partial charge in [0.1, 0.15) is 0 Å². The molecule has 0 aliphatic heterocycles. The highest BCUT2D eigenvalue weighted by Crippen LogP contribution is 1.98. The molecule has 0 fully saturated rings. The van der Waals surface area contributed by atoms with Crippen LogP contribution in [0.2, 0.25) is 0 Å². The van der Waals surface area contributed by atoms with Crippen molar-refractivity contribution in [2.75, 3.05) is 0 Å². The smallest absolute Gasteiger partial charge is 0.0404 e. The van der Waals surface area contributed by atoms with Gasteiger partial charge >= 0.3 is 0 Å². The van der Waals surface area contributed by atoms with Crippen molar-refractivity contribution in [2.45, 2.75) is 6.92 Å². The van der Waals surface area contributed by atoms with E-state index in [0.29, 0.717) is 0 Å². The average molecular weight is 106 g/mol. The van der Waals surface area contributed by atoms with E-state index < -0.39 is 0 Å². The van der Waals surface area contributed by atoms with Gasteiger partial charge in [0.05, 0.1) is 0 Å². The van der Waals surface area contributed by atoms with Crippen LogP contribution in [0.5, 0.6) is 0 Å². The van der Waals surface area contributed by atoms with Gasteiger partial charge in [0.15, 0.2) is 0 Å². The number of aromatic nitrogens is 1. The van der Waals surface area contributed by atoms with Crippen LogP contribution in [-0.4, -0.2) is 4.98 Å². The minimum Gasteiger partial charge on any atom is -0.261 e. The maximum Gasteiger partial charge on any atom is 0.0404 e. The van der Waals surface area contributed by atoms with Crippen molar-refractivity contribution in [1.82, 2.24) is 4.98 Å². The van der Waals surface area contributed by atoms with Gasteiger partial charge in [0.25, 0.3) is 0 Å². The highest BCUT2D eigenvalue weighted by Gasteiger charge is 1.85. The summed E-state index contributed by atoms with van der Waals surface area (Å²) < 4.78 is 0. The lowest BCUT2D eigenvalue weighted by Gasteiger charge is -1.92. The summed E-state index contributed by atoms with van der Waals surface area (Å²) in [7, 11) is 0. The van der Waals surface area contributed by atoms with Crippen LogP contribution < -0.4 is 0 Å². The van der Waals surface area contributed by atoms with Crippen molar-refractivity contribution in [2.24, 2.45) is 0 Å². The number of aryl methyl sites for hydroxylation is 1. The molecule has 0 saturated heterocycles. The average Bonchev–Trinajstić information content (AvgIpc) is 1.77. The fourth-order valence-corrected chi connectivity index (χ4v) is 0.518. The molecule has 0 amide bonds. The third-order valence-corrected chi connectivity index (χ3v) is 1.12. The predicted molar refractivity (Wildman–Crippen MR) is 33.4 cm³/mol. The van der Waals surface area contributed by atoms with Gasteiger partial charge in [-0.3, -0.25) is 4.98 Å². The molecule has 41 valence electrons. The van der Waals surface area contributed by atoms with Crippen LogP contribution in [0.15, 0.2) is 18.3 Å². The van der Waals surface area contributed by atoms with Gasteiger partial charge < -0.3 is 0 Å². The quantitative estimate of drug-likeness (QED) is 0.489. The lowest BCUT2D eigenvalue weighted by molar-refractivity contribution is 1.18. The third kappa shape index (κ3) is 0.861. The van der Waals surface area contributed by atoms with Crippen LogP contribution in [0, 0.1) is 13.8 Å². The molecule has 1 heterocycles. The van der Waals surface area contributed by atoms with Crippen LogP contribution in [0.3, 0.4) is 0 Å². The minimum absolute atomic E-state index is 1.01. The Kier molecular flexibility index (Phi) is 1.29. The highest BCUT2D eigenvalue weighted by atomic mass is 14.6. The molecule has 1 radical (unpaired) electrons. The Morgan fingerprint density at radius 1 is 1.62 bits per heavy atom. The van der Waals surface area contributed by atoms with Gasteiger partial charge in [-0.05, 0) is 25.5 Å². The number of hydrogen-bond acceptors (Lipinski definition) is 1. The molecule has 0 aliphatic rings. The summed E-state index contributed by atoms with van der Waals surface area (Å²) in [6, 6.07) is 3.83. The molecule has 0 bridgehead atoms. The zero-order valence-corrected chi connectivity index (χ0v) is 4.89. The second-order valence-electron chi connectivity index (χ2n) is 1.75. The molecule has 0 aromatic carbocycles. The van der Waals surface area contributed by atoms with Gasteiger partial charge in [-0.1, -0.05) is 6.07 Å². The molecule has 1 aromatic rings. The summed E-state index contributed by atoms with van der Waals surface area (Å²) in [5.41, 5.74) is 2.01. The first-order valence-corrected chi connectivity index (χ1v) is 2.54. The summed E-state index contributed by atoms with van der Waals surface area (Å²) in [5, 5.41) is 0. The monoisotopic (exact) mass is 106 g/mol. The molecule has 0 spiro atoms. The van der Waals surface area contributed by atoms with E-state index in [1.165, 1.54) is 0 Å². The zero-order valence-electron chi connectivity index (χ0n) is 4.89. The number of nitrogens with zero attached hydrogens (tertiary/aromatic N) is 1. The van der Waals surface area contributed by atoms with Crippen LogP contribution in [0.4, 0.5) is 0 Å². The Labute approximate surface area is 49.4 Å². The van der Waals surface area contributed by atoms with Gasteiger partial charge in [0.2, 0.25) is 0 Å². The zero-order chi connectivity index (χ0) is 5.98. The van der Waals surface area contributed by atoms with Gasteiger partial charge in [-0.2, -0.15) is 0 Å². The SMILES string of the molecule is [CH2]c1cccnc1C. The Balaban J connectivity index is 3.13. The fraction of sp³-hybridized carbons (Fsp3) is 0.143. The number of pyridine rings is 1. The van der Waals surface area contributed by atoms with Crippen LogP contribution in [0.1, 0.15) is 11.3 Å². The molecule has 1 heteroatoms. The summed E-state index contributed by atoms with van der Waals surface area (Å²) in [4.78, 5) is 4.02. The van der Waals surface area contributed by atoms with E-state index in [1.54, 1.807) is 6.20 Å². The van der Waals surface area contributed by atoms with Crippen LogP contribution in [-0.2, 0) is 0 Å². The lowest BCUT2D eigenvalue weighted by Crippen LogP contribution is -1.81.